The third kappa shape index (κ3) is 3.89. The fourth-order valence-electron chi connectivity index (χ4n) is 3.31. The molecule has 0 radical (unpaired) electrons. The van der Waals surface area contributed by atoms with E-state index in [1.165, 1.54) is 32.1 Å². The second-order valence-corrected chi connectivity index (χ2v) is 6.04. The molecular weight excluding hydrogens is 288 g/mol. The van der Waals surface area contributed by atoms with Gasteiger partial charge in [0.05, 0.1) is 24.3 Å². The van der Waals surface area contributed by atoms with Crippen LogP contribution in [-0.2, 0) is 4.74 Å². The van der Waals surface area contributed by atoms with Gasteiger partial charge in [-0.1, -0.05) is 36.9 Å². The van der Waals surface area contributed by atoms with Crippen LogP contribution in [0.1, 0.15) is 43.7 Å². The molecule has 21 heavy (non-hydrogen) atoms. The summed E-state index contributed by atoms with van der Waals surface area (Å²) in [5.41, 5.74) is 3.95. The zero-order chi connectivity index (χ0) is 15.2. The highest BCUT2D eigenvalue weighted by molar-refractivity contribution is 6.32. The maximum absolute atomic E-state index is 6.10. The zero-order valence-electron chi connectivity index (χ0n) is 12.8. The topological polar surface area (TPSA) is 56.5 Å². The number of hydrogen-bond acceptors (Lipinski definition) is 4. The van der Waals surface area contributed by atoms with E-state index in [0.717, 1.165) is 5.56 Å². The first-order valence-electron chi connectivity index (χ1n) is 7.53. The normalized spacial score (nSPS) is 19.2. The molecule has 0 spiro atoms. The van der Waals surface area contributed by atoms with E-state index in [1.807, 2.05) is 18.2 Å². The van der Waals surface area contributed by atoms with Crippen molar-refractivity contribution >= 4 is 11.6 Å². The second kappa shape index (κ2) is 7.99. The Hall–Kier alpha value is -0.810. The minimum Gasteiger partial charge on any atom is -0.495 e. The van der Waals surface area contributed by atoms with Crippen LogP contribution in [0.3, 0.4) is 0 Å². The summed E-state index contributed by atoms with van der Waals surface area (Å²) in [6.45, 7) is 0. The largest absolute Gasteiger partial charge is 0.495 e. The molecule has 2 rings (SSSR count). The molecular formula is C16H25ClN2O2. The summed E-state index contributed by atoms with van der Waals surface area (Å²) >= 11 is 6.10. The quantitative estimate of drug-likeness (QED) is 0.624. The Kier molecular flexibility index (Phi) is 6.30. The van der Waals surface area contributed by atoms with Crippen molar-refractivity contribution in [1.29, 1.82) is 0 Å². The maximum atomic E-state index is 6.10. The van der Waals surface area contributed by atoms with Crippen LogP contribution in [0.2, 0.25) is 5.02 Å². The summed E-state index contributed by atoms with van der Waals surface area (Å²) in [5.74, 6) is 7.01. The van der Waals surface area contributed by atoms with Crippen LogP contribution in [-0.4, -0.2) is 20.3 Å². The van der Waals surface area contributed by atoms with Crippen molar-refractivity contribution in [2.24, 2.45) is 11.8 Å². The first-order chi connectivity index (χ1) is 10.2. The number of ether oxygens (including phenoxy) is 2. The lowest BCUT2D eigenvalue weighted by Crippen LogP contribution is -2.42. The summed E-state index contributed by atoms with van der Waals surface area (Å²) in [7, 11) is 3.38. The highest BCUT2D eigenvalue weighted by Crippen LogP contribution is 2.35. The van der Waals surface area contributed by atoms with Crippen LogP contribution in [0.25, 0.3) is 0 Å². The van der Waals surface area contributed by atoms with Crippen LogP contribution in [0.15, 0.2) is 18.2 Å². The second-order valence-electron chi connectivity index (χ2n) is 5.64. The first-order valence-corrected chi connectivity index (χ1v) is 7.91. The van der Waals surface area contributed by atoms with Gasteiger partial charge in [-0.15, -0.1) is 0 Å². The van der Waals surface area contributed by atoms with Gasteiger partial charge >= 0.3 is 0 Å². The van der Waals surface area contributed by atoms with Gasteiger partial charge in [-0.3, -0.25) is 11.3 Å². The Morgan fingerprint density at radius 1 is 1.24 bits per heavy atom. The maximum Gasteiger partial charge on any atom is 0.137 e. The van der Waals surface area contributed by atoms with Crippen molar-refractivity contribution < 1.29 is 9.47 Å². The number of rotatable bonds is 6. The molecule has 1 fully saturated rings. The number of methoxy groups -OCH3 is 2. The molecule has 118 valence electrons. The van der Waals surface area contributed by atoms with E-state index in [4.69, 9.17) is 26.9 Å². The van der Waals surface area contributed by atoms with Gasteiger partial charge in [0.25, 0.3) is 0 Å². The van der Waals surface area contributed by atoms with Gasteiger partial charge in [-0.2, -0.15) is 0 Å². The van der Waals surface area contributed by atoms with Crippen LogP contribution >= 0.6 is 11.6 Å². The van der Waals surface area contributed by atoms with Crippen molar-refractivity contribution in [3.63, 3.8) is 0 Å². The van der Waals surface area contributed by atoms with E-state index in [-0.39, 0.29) is 12.1 Å². The Balaban J connectivity index is 2.23. The van der Waals surface area contributed by atoms with Gasteiger partial charge < -0.3 is 9.47 Å². The molecule has 0 heterocycles. The summed E-state index contributed by atoms with van der Waals surface area (Å²) in [4.78, 5) is 0. The summed E-state index contributed by atoms with van der Waals surface area (Å²) < 4.78 is 11.1. The van der Waals surface area contributed by atoms with Crippen molar-refractivity contribution in [2.75, 3.05) is 14.2 Å². The van der Waals surface area contributed by atoms with E-state index in [2.05, 4.69) is 5.43 Å². The molecule has 0 bridgehead atoms. The standard InChI is InChI=1S/C16H25ClN2O2/c1-20-14-10-12(8-9-13(14)17)15(19-18)16(21-2)11-6-4-3-5-7-11/h8-11,15-16,19H,3-7,18H2,1-2H3. The lowest BCUT2D eigenvalue weighted by molar-refractivity contribution is 0.00746. The molecule has 0 amide bonds. The Labute approximate surface area is 131 Å². The molecule has 1 aliphatic carbocycles. The number of hydrazine groups is 1. The zero-order valence-corrected chi connectivity index (χ0v) is 13.5. The third-order valence-corrected chi connectivity index (χ3v) is 4.74. The van der Waals surface area contributed by atoms with Crippen molar-refractivity contribution in [1.82, 2.24) is 5.43 Å². The highest BCUT2D eigenvalue weighted by atomic mass is 35.5. The lowest BCUT2D eigenvalue weighted by Gasteiger charge is -2.35. The van der Waals surface area contributed by atoms with E-state index in [0.29, 0.717) is 16.7 Å². The minimum absolute atomic E-state index is 0.0566. The van der Waals surface area contributed by atoms with E-state index in [9.17, 15) is 0 Å². The van der Waals surface area contributed by atoms with Gasteiger partial charge in [0, 0.05) is 7.11 Å². The van der Waals surface area contributed by atoms with Crippen LogP contribution < -0.4 is 16.0 Å². The van der Waals surface area contributed by atoms with Crippen LogP contribution in [0.5, 0.6) is 5.75 Å². The van der Waals surface area contributed by atoms with Gasteiger partial charge in [-0.05, 0) is 36.5 Å². The molecule has 1 saturated carbocycles. The van der Waals surface area contributed by atoms with Crippen molar-refractivity contribution in [3.05, 3.63) is 28.8 Å². The van der Waals surface area contributed by atoms with Gasteiger partial charge in [0.1, 0.15) is 5.75 Å². The monoisotopic (exact) mass is 312 g/mol. The molecule has 1 aliphatic rings. The average molecular weight is 313 g/mol. The smallest absolute Gasteiger partial charge is 0.137 e. The van der Waals surface area contributed by atoms with E-state index < -0.39 is 0 Å². The molecule has 0 aromatic heterocycles. The first kappa shape index (κ1) is 16.6. The summed E-state index contributed by atoms with van der Waals surface area (Å²) in [5, 5.41) is 0.601. The molecule has 0 aliphatic heterocycles. The number of benzene rings is 1. The van der Waals surface area contributed by atoms with Gasteiger partial charge in [0.2, 0.25) is 0 Å². The fraction of sp³-hybridized carbons (Fsp3) is 0.625. The number of nitrogens with one attached hydrogen (secondary N) is 1. The fourth-order valence-corrected chi connectivity index (χ4v) is 3.51. The third-order valence-electron chi connectivity index (χ3n) is 4.43. The SMILES string of the molecule is COc1cc(C(NN)C(OC)C2CCCCC2)ccc1Cl. The van der Waals surface area contributed by atoms with Crippen LogP contribution in [0.4, 0.5) is 0 Å². The van der Waals surface area contributed by atoms with Crippen molar-refractivity contribution in [3.8, 4) is 5.75 Å². The number of nitrogens with two attached hydrogens (primary N) is 1. The van der Waals surface area contributed by atoms with E-state index in [1.54, 1.807) is 14.2 Å². The van der Waals surface area contributed by atoms with Crippen LogP contribution in [0, 0.1) is 5.92 Å². The molecule has 2 atom stereocenters. The Morgan fingerprint density at radius 2 is 1.95 bits per heavy atom. The molecule has 5 heteroatoms. The molecule has 2 unspecified atom stereocenters. The Bertz CT molecular complexity index is 450. The molecule has 1 aromatic rings. The highest BCUT2D eigenvalue weighted by Gasteiger charge is 2.31. The molecule has 0 saturated heterocycles. The Morgan fingerprint density at radius 3 is 2.52 bits per heavy atom. The van der Waals surface area contributed by atoms with Gasteiger partial charge in [-0.25, -0.2) is 0 Å². The predicted molar refractivity (Wildman–Crippen MR) is 85.4 cm³/mol. The average Bonchev–Trinajstić information content (AvgIpc) is 2.54. The minimum atomic E-state index is -0.0655. The summed E-state index contributed by atoms with van der Waals surface area (Å²) in [6.07, 6.45) is 6.31. The van der Waals surface area contributed by atoms with Gasteiger partial charge in [0.15, 0.2) is 0 Å². The summed E-state index contributed by atoms with van der Waals surface area (Å²) in [6, 6.07) is 5.68. The molecule has 1 aromatic carbocycles. The molecule has 3 N–H and O–H groups in total. The molecule has 4 nitrogen and oxygen atoms in total. The van der Waals surface area contributed by atoms with Crippen molar-refractivity contribution in [2.45, 2.75) is 44.2 Å². The van der Waals surface area contributed by atoms with E-state index >= 15 is 0 Å². The number of halogens is 1. The lowest BCUT2D eigenvalue weighted by atomic mass is 9.81. The predicted octanol–water partition coefficient (Wildman–Crippen LogP) is 3.45. The number of hydrogen-bond donors (Lipinski definition) is 2.